The first-order valence-electron chi connectivity index (χ1n) is 7.52. The third kappa shape index (κ3) is 2.21. The monoisotopic (exact) mass is 269 g/mol. The van der Waals surface area contributed by atoms with Crippen LogP contribution in [0.3, 0.4) is 0 Å². The second-order valence-electron chi connectivity index (χ2n) is 5.98. The van der Waals surface area contributed by atoms with Crippen LogP contribution in [0.25, 0.3) is 10.9 Å². The van der Waals surface area contributed by atoms with Crippen LogP contribution < -0.4 is 5.73 Å². The molecule has 1 aromatic heterocycles. The summed E-state index contributed by atoms with van der Waals surface area (Å²) in [5, 5.41) is 1.22. The lowest BCUT2D eigenvalue weighted by Crippen LogP contribution is -2.33. The molecule has 1 saturated heterocycles. The molecule has 2 heterocycles. The Morgan fingerprint density at radius 1 is 1.30 bits per heavy atom. The molecule has 3 heteroatoms. The predicted octanol–water partition coefficient (Wildman–Crippen LogP) is 2.96. The number of hydrogen-bond acceptors (Lipinski definition) is 3. The Morgan fingerprint density at radius 2 is 2.10 bits per heavy atom. The van der Waals surface area contributed by atoms with Crippen molar-refractivity contribution >= 4 is 10.9 Å². The van der Waals surface area contributed by atoms with E-state index in [1.165, 1.54) is 17.4 Å². The van der Waals surface area contributed by atoms with Gasteiger partial charge in [0.05, 0.1) is 5.52 Å². The number of nitrogens with two attached hydrogens (primary N) is 1. The van der Waals surface area contributed by atoms with Gasteiger partial charge in [0, 0.05) is 23.7 Å². The second kappa shape index (κ2) is 5.51. The summed E-state index contributed by atoms with van der Waals surface area (Å²) < 4.78 is 0. The Labute approximate surface area is 120 Å². The Balaban J connectivity index is 2.11. The molecule has 1 aromatic carbocycles. The van der Waals surface area contributed by atoms with Gasteiger partial charge in [0.15, 0.2) is 0 Å². The molecule has 2 N–H and O–H groups in total. The Kier molecular flexibility index (Phi) is 3.72. The maximum Gasteiger partial charge on any atom is 0.0749 e. The van der Waals surface area contributed by atoms with E-state index in [1.54, 1.807) is 0 Å². The smallest absolute Gasteiger partial charge is 0.0749 e. The number of hydrogen-bond donors (Lipinski definition) is 1. The Morgan fingerprint density at radius 3 is 2.85 bits per heavy atom. The highest BCUT2D eigenvalue weighted by atomic mass is 15.2. The summed E-state index contributed by atoms with van der Waals surface area (Å²) in [6.07, 6.45) is 3.07. The van der Waals surface area contributed by atoms with Crippen molar-refractivity contribution in [1.82, 2.24) is 9.88 Å². The minimum absolute atomic E-state index is 0.401. The van der Waals surface area contributed by atoms with Crippen molar-refractivity contribution < 1.29 is 0 Å². The summed E-state index contributed by atoms with van der Waals surface area (Å²) in [7, 11) is 0. The largest absolute Gasteiger partial charge is 0.330 e. The van der Waals surface area contributed by atoms with E-state index in [-0.39, 0.29) is 0 Å². The molecule has 3 rings (SSSR count). The second-order valence-corrected chi connectivity index (χ2v) is 5.98. The molecule has 0 aliphatic carbocycles. The molecule has 2 aromatic rings. The number of fused-ring (bicyclic) bond motifs is 1. The summed E-state index contributed by atoms with van der Waals surface area (Å²) in [6, 6.07) is 11.6. The number of aromatic nitrogens is 1. The molecule has 1 aliphatic heterocycles. The van der Waals surface area contributed by atoms with Crippen molar-refractivity contribution in [2.45, 2.75) is 32.4 Å². The van der Waals surface area contributed by atoms with E-state index in [1.807, 2.05) is 12.3 Å². The van der Waals surface area contributed by atoms with Crippen molar-refractivity contribution in [3.63, 3.8) is 0 Å². The number of nitrogens with zero attached hydrogens (tertiary/aromatic N) is 2. The van der Waals surface area contributed by atoms with Crippen LogP contribution in [0, 0.1) is 5.92 Å². The molecule has 0 radical (unpaired) electrons. The van der Waals surface area contributed by atoms with Crippen molar-refractivity contribution in [3.8, 4) is 0 Å². The molecular formula is C17H23N3. The van der Waals surface area contributed by atoms with Gasteiger partial charge >= 0.3 is 0 Å². The van der Waals surface area contributed by atoms with Gasteiger partial charge in [-0.2, -0.15) is 0 Å². The fourth-order valence-corrected chi connectivity index (χ4v) is 3.51. The lowest BCUT2D eigenvalue weighted by atomic mass is 9.91. The lowest BCUT2D eigenvalue weighted by molar-refractivity contribution is 0.185. The zero-order valence-electron chi connectivity index (χ0n) is 12.3. The molecule has 0 spiro atoms. The Bertz CT molecular complexity index is 588. The summed E-state index contributed by atoms with van der Waals surface area (Å²) in [5.74, 6) is 0.532. The third-order valence-electron chi connectivity index (χ3n) is 4.51. The molecule has 3 nitrogen and oxygen atoms in total. The molecule has 2 unspecified atom stereocenters. The van der Waals surface area contributed by atoms with E-state index in [4.69, 9.17) is 5.73 Å². The average Bonchev–Trinajstić information content (AvgIpc) is 2.90. The number of likely N-dealkylation sites (tertiary alicyclic amines) is 1. The molecule has 2 atom stereocenters. The predicted molar refractivity (Wildman–Crippen MR) is 83.5 cm³/mol. The Hall–Kier alpha value is -1.45. The van der Waals surface area contributed by atoms with Crippen molar-refractivity contribution in [2.75, 3.05) is 13.1 Å². The van der Waals surface area contributed by atoms with Gasteiger partial charge in [-0.1, -0.05) is 24.3 Å². The minimum Gasteiger partial charge on any atom is -0.330 e. The molecule has 0 bridgehead atoms. The minimum atomic E-state index is 0.401. The molecule has 20 heavy (non-hydrogen) atoms. The lowest BCUT2D eigenvalue weighted by Gasteiger charge is -2.31. The maximum atomic E-state index is 6.02. The van der Waals surface area contributed by atoms with Crippen LogP contribution in [0.15, 0.2) is 36.5 Å². The van der Waals surface area contributed by atoms with Gasteiger partial charge in [-0.05, 0) is 50.9 Å². The van der Waals surface area contributed by atoms with Crippen LogP contribution in [0.5, 0.6) is 0 Å². The average molecular weight is 269 g/mol. The molecule has 106 valence electrons. The van der Waals surface area contributed by atoms with E-state index in [0.29, 0.717) is 18.0 Å². The third-order valence-corrected chi connectivity index (χ3v) is 4.51. The molecule has 1 aliphatic rings. The number of pyridine rings is 1. The number of rotatable bonds is 3. The van der Waals surface area contributed by atoms with Gasteiger partial charge in [0.25, 0.3) is 0 Å². The first-order valence-corrected chi connectivity index (χ1v) is 7.52. The molecule has 0 saturated carbocycles. The maximum absolute atomic E-state index is 6.02. The SMILES string of the molecule is CC(C)N1CCC(CN)C1c1cccc2cccnc12. The first kappa shape index (κ1) is 13.5. The van der Waals surface area contributed by atoms with Crippen LogP contribution in [-0.4, -0.2) is 29.0 Å². The molecular weight excluding hydrogens is 246 g/mol. The van der Waals surface area contributed by atoms with Gasteiger partial charge in [-0.3, -0.25) is 9.88 Å². The van der Waals surface area contributed by atoms with Crippen LogP contribution in [0.1, 0.15) is 31.9 Å². The van der Waals surface area contributed by atoms with E-state index < -0.39 is 0 Å². The fourth-order valence-electron chi connectivity index (χ4n) is 3.51. The number of para-hydroxylation sites is 1. The van der Waals surface area contributed by atoms with Crippen molar-refractivity contribution in [3.05, 3.63) is 42.1 Å². The normalized spacial score (nSPS) is 23.8. The van der Waals surface area contributed by atoms with Crippen molar-refractivity contribution in [2.24, 2.45) is 11.7 Å². The summed E-state index contributed by atoms with van der Waals surface area (Å²) in [4.78, 5) is 7.19. The highest BCUT2D eigenvalue weighted by Crippen LogP contribution is 2.40. The highest BCUT2D eigenvalue weighted by Gasteiger charge is 2.36. The summed E-state index contributed by atoms with van der Waals surface area (Å²) in [5.41, 5.74) is 8.49. The van der Waals surface area contributed by atoms with Crippen LogP contribution >= 0.6 is 0 Å². The topological polar surface area (TPSA) is 42.1 Å². The molecule has 1 fully saturated rings. The van der Waals surface area contributed by atoms with E-state index in [2.05, 4.69) is 48.0 Å². The van der Waals surface area contributed by atoms with E-state index in [0.717, 1.165) is 18.6 Å². The zero-order valence-corrected chi connectivity index (χ0v) is 12.3. The molecule has 0 amide bonds. The van der Waals surface area contributed by atoms with Crippen molar-refractivity contribution in [1.29, 1.82) is 0 Å². The van der Waals surface area contributed by atoms with Gasteiger partial charge in [-0.25, -0.2) is 0 Å². The van der Waals surface area contributed by atoms with Gasteiger partial charge in [0.2, 0.25) is 0 Å². The van der Waals surface area contributed by atoms with E-state index >= 15 is 0 Å². The van der Waals surface area contributed by atoms with Gasteiger partial charge in [-0.15, -0.1) is 0 Å². The summed E-state index contributed by atoms with van der Waals surface area (Å²) in [6.45, 7) is 6.42. The van der Waals surface area contributed by atoms with Gasteiger partial charge in [0.1, 0.15) is 0 Å². The summed E-state index contributed by atoms with van der Waals surface area (Å²) >= 11 is 0. The fraction of sp³-hybridized carbons (Fsp3) is 0.471. The highest BCUT2D eigenvalue weighted by molar-refractivity contribution is 5.82. The quantitative estimate of drug-likeness (QED) is 0.931. The first-order chi connectivity index (χ1) is 9.72. The van der Waals surface area contributed by atoms with Crippen LogP contribution in [-0.2, 0) is 0 Å². The van der Waals surface area contributed by atoms with Crippen LogP contribution in [0.4, 0.5) is 0 Å². The van der Waals surface area contributed by atoms with E-state index in [9.17, 15) is 0 Å². The van der Waals surface area contributed by atoms with Gasteiger partial charge < -0.3 is 5.73 Å². The standard InChI is InChI=1S/C17H23N3/c1-12(2)20-10-8-14(11-18)17(20)15-7-3-5-13-6-4-9-19-16(13)15/h3-7,9,12,14,17H,8,10-11,18H2,1-2H3. The zero-order chi connectivity index (χ0) is 14.1. The number of benzene rings is 1. The van der Waals surface area contributed by atoms with Crippen LogP contribution in [0.2, 0.25) is 0 Å².